The van der Waals surface area contributed by atoms with Crippen molar-refractivity contribution in [3.05, 3.63) is 18.7 Å². The highest BCUT2D eigenvalue weighted by Crippen LogP contribution is 2.21. The monoisotopic (exact) mass is 265 g/mol. The molecular weight excluding hydrogens is 246 g/mol. The SMILES string of the molecule is CCOC(=O)CC1CCN(C(=O)n2ccnc2)CC1. The van der Waals surface area contributed by atoms with Crippen LogP contribution in [0.15, 0.2) is 18.7 Å². The van der Waals surface area contributed by atoms with Gasteiger partial charge >= 0.3 is 12.0 Å². The van der Waals surface area contributed by atoms with Crippen molar-refractivity contribution < 1.29 is 14.3 Å². The molecular formula is C13H19N3O3. The van der Waals surface area contributed by atoms with Crippen LogP contribution in [0.1, 0.15) is 26.2 Å². The fraction of sp³-hybridized carbons (Fsp3) is 0.615. The molecule has 1 aromatic heterocycles. The van der Waals surface area contributed by atoms with Gasteiger partial charge in [-0.15, -0.1) is 0 Å². The minimum Gasteiger partial charge on any atom is -0.466 e. The molecule has 1 saturated heterocycles. The summed E-state index contributed by atoms with van der Waals surface area (Å²) in [6, 6.07) is -0.0490. The van der Waals surface area contributed by atoms with Crippen LogP contribution in [0.2, 0.25) is 0 Å². The summed E-state index contributed by atoms with van der Waals surface area (Å²) in [5.41, 5.74) is 0. The molecule has 0 aliphatic carbocycles. The first kappa shape index (κ1) is 13.6. The maximum atomic E-state index is 12.0. The number of hydrogen-bond donors (Lipinski definition) is 0. The summed E-state index contributed by atoms with van der Waals surface area (Å²) >= 11 is 0. The summed E-state index contributed by atoms with van der Waals surface area (Å²) in [6.45, 7) is 3.60. The van der Waals surface area contributed by atoms with Gasteiger partial charge in [-0.05, 0) is 25.7 Å². The normalized spacial score (nSPS) is 16.4. The third kappa shape index (κ3) is 3.56. The molecule has 0 spiro atoms. The van der Waals surface area contributed by atoms with E-state index in [2.05, 4.69) is 4.98 Å². The van der Waals surface area contributed by atoms with Gasteiger partial charge < -0.3 is 9.64 Å². The molecule has 1 amide bonds. The summed E-state index contributed by atoms with van der Waals surface area (Å²) in [7, 11) is 0. The highest BCUT2D eigenvalue weighted by Gasteiger charge is 2.25. The van der Waals surface area contributed by atoms with Crippen molar-refractivity contribution in [1.82, 2.24) is 14.5 Å². The smallest absolute Gasteiger partial charge is 0.329 e. The molecule has 2 heterocycles. The predicted octanol–water partition coefficient (Wildman–Crippen LogP) is 1.52. The molecule has 19 heavy (non-hydrogen) atoms. The molecule has 0 saturated carbocycles. The van der Waals surface area contributed by atoms with Crippen molar-refractivity contribution in [2.24, 2.45) is 5.92 Å². The zero-order valence-electron chi connectivity index (χ0n) is 11.1. The van der Waals surface area contributed by atoms with E-state index in [1.807, 2.05) is 6.92 Å². The molecule has 0 atom stereocenters. The van der Waals surface area contributed by atoms with Crippen molar-refractivity contribution in [2.75, 3.05) is 19.7 Å². The zero-order chi connectivity index (χ0) is 13.7. The molecule has 1 aliphatic rings. The number of esters is 1. The van der Waals surface area contributed by atoms with Gasteiger partial charge in [-0.3, -0.25) is 9.36 Å². The van der Waals surface area contributed by atoms with E-state index < -0.39 is 0 Å². The highest BCUT2D eigenvalue weighted by atomic mass is 16.5. The maximum Gasteiger partial charge on any atom is 0.329 e. The third-order valence-corrected chi connectivity index (χ3v) is 3.37. The Morgan fingerprint density at radius 2 is 2.11 bits per heavy atom. The molecule has 0 radical (unpaired) electrons. The number of amides is 1. The van der Waals surface area contributed by atoms with Crippen molar-refractivity contribution in [2.45, 2.75) is 26.2 Å². The Hall–Kier alpha value is -1.85. The van der Waals surface area contributed by atoms with Crippen LogP contribution < -0.4 is 0 Å². The van der Waals surface area contributed by atoms with E-state index in [-0.39, 0.29) is 12.0 Å². The Morgan fingerprint density at radius 3 is 2.68 bits per heavy atom. The van der Waals surface area contributed by atoms with Gasteiger partial charge in [0.15, 0.2) is 0 Å². The van der Waals surface area contributed by atoms with Gasteiger partial charge in [0.1, 0.15) is 6.33 Å². The van der Waals surface area contributed by atoms with Crippen LogP contribution >= 0.6 is 0 Å². The number of hydrogen-bond acceptors (Lipinski definition) is 4. The van der Waals surface area contributed by atoms with Gasteiger partial charge in [0, 0.05) is 31.9 Å². The second kappa shape index (κ2) is 6.36. The van der Waals surface area contributed by atoms with Gasteiger partial charge in [0.2, 0.25) is 0 Å². The third-order valence-electron chi connectivity index (χ3n) is 3.37. The first-order valence-electron chi connectivity index (χ1n) is 6.63. The van der Waals surface area contributed by atoms with Crippen LogP contribution in [0, 0.1) is 5.92 Å². The molecule has 6 heteroatoms. The number of imidazole rings is 1. The summed E-state index contributed by atoms with van der Waals surface area (Å²) in [4.78, 5) is 29.1. The summed E-state index contributed by atoms with van der Waals surface area (Å²) in [5, 5.41) is 0. The number of aromatic nitrogens is 2. The van der Waals surface area contributed by atoms with Crippen LogP contribution in [0.4, 0.5) is 4.79 Å². The number of rotatable bonds is 3. The van der Waals surface area contributed by atoms with Crippen molar-refractivity contribution >= 4 is 12.0 Å². The Bertz CT molecular complexity index is 422. The topological polar surface area (TPSA) is 64.4 Å². The molecule has 104 valence electrons. The first-order chi connectivity index (χ1) is 9.20. The van der Waals surface area contributed by atoms with Crippen LogP contribution in [-0.4, -0.2) is 46.1 Å². The average Bonchev–Trinajstić information content (AvgIpc) is 2.93. The number of carbonyl (C=O) groups is 2. The maximum absolute atomic E-state index is 12.0. The van der Waals surface area contributed by atoms with Crippen molar-refractivity contribution in [3.8, 4) is 0 Å². The predicted molar refractivity (Wildman–Crippen MR) is 68.6 cm³/mol. The van der Waals surface area contributed by atoms with Crippen molar-refractivity contribution in [1.29, 1.82) is 0 Å². The molecule has 0 N–H and O–H groups in total. The van der Waals surface area contributed by atoms with Crippen molar-refractivity contribution in [3.63, 3.8) is 0 Å². The average molecular weight is 265 g/mol. The second-order valence-corrected chi connectivity index (χ2v) is 4.69. The van der Waals surface area contributed by atoms with E-state index in [0.29, 0.717) is 32.0 Å². The molecule has 0 aromatic carbocycles. The minimum atomic E-state index is -0.137. The summed E-state index contributed by atoms with van der Waals surface area (Å²) in [5.74, 6) is 0.188. The number of nitrogens with zero attached hydrogens (tertiary/aromatic N) is 3. The van der Waals surface area contributed by atoms with Gasteiger partial charge in [0.25, 0.3) is 0 Å². The van der Waals surface area contributed by atoms with Gasteiger partial charge in [0.05, 0.1) is 6.61 Å². The van der Waals surface area contributed by atoms with E-state index in [1.54, 1.807) is 17.3 Å². The standard InChI is InChI=1S/C13H19N3O3/c1-2-19-12(17)9-11-3-6-15(7-4-11)13(18)16-8-5-14-10-16/h5,8,10-11H,2-4,6-7,9H2,1H3. The number of piperidine rings is 1. The Morgan fingerprint density at radius 1 is 1.37 bits per heavy atom. The largest absolute Gasteiger partial charge is 0.466 e. The molecule has 6 nitrogen and oxygen atoms in total. The summed E-state index contributed by atoms with van der Waals surface area (Å²) in [6.07, 6.45) is 6.89. The molecule has 0 unspecified atom stereocenters. The lowest BCUT2D eigenvalue weighted by Gasteiger charge is -2.31. The van der Waals surface area contributed by atoms with Crippen LogP contribution in [0.5, 0.6) is 0 Å². The lowest BCUT2D eigenvalue weighted by atomic mass is 9.94. The molecule has 1 aliphatic heterocycles. The van der Waals surface area contributed by atoms with Gasteiger partial charge in [-0.1, -0.05) is 0 Å². The highest BCUT2D eigenvalue weighted by molar-refractivity contribution is 5.76. The van der Waals surface area contributed by atoms with E-state index >= 15 is 0 Å². The fourth-order valence-corrected chi connectivity index (χ4v) is 2.32. The molecule has 1 fully saturated rings. The van der Waals surface area contributed by atoms with Crippen LogP contribution in [0.3, 0.4) is 0 Å². The number of ether oxygens (including phenoxy) is 1. The van der Waals surface area contributed by atoms with E-state index in [9.17, 15) is 9.59 Å². The van der Waals surface area contributed by atoms with Gasteiger partial charge in [-0.2, -0.15) is 0 Å². The van der Waals surface area contributed by atoms with Crippen LogP contribution in [-0.2, 0) is 9.53 Å². The van der Waals surface area contributed by atoms with Crippen LogP contribution in [0.25, 0.3) is 0 Å². The zero-order valence-corrected chi connectivity index (χ0v) is 11.1. The summed E-state index contributed by atoms with van der Waals surface area (Å²) < 4.78 is 6.42. The lowest BCUT2D eigenvalue weighted by molar-refractivity contribution is -0.144. The minimum absolute atomic E-state index is 0.0490. The fourth-order valence-electron chi connectivity index (χ4n) is 2.32. The Balaban J connectivity index is 1.79. The Labute approximate surface area is 112 Å². The molecule has 2 rings (SSSR count). The molecule has 1 aromatic rings. The lowest BCUT2D eigenvalue weighted by Crippen LogP contribution is -2.40. The molecule has 0 bridgehead atoms. The number of carbonyl (C=O) groups excluding carboxylic acids is 2. The van der Waals surface area contributed by atoms with E-state index in [0.717, 1.165) is 12.8 Å². The van der Waals surface area contributed by atoms with E-state index in [1.165, 1.54) is 10.9 Å². The van der Waals surface area contributed by atoms with Gasteiger partial charge in [-0.25, -0.2) is 9.78 Å². The second-order valence-electron chi connectivity index (χ2n) is 4.69. The number of likely N-dealkylation sites (tertiary alicyclic amines) is 1. The first-order valence-corrected chi connectivity index (χ1v) is 6.63. The van der Waals surface area contributed by atoms with E-state index in [4.69, 9.17) is 4.74 Å². The quantitative estimate of drug-likeness (QED) is 0.777. The Kier molecular flexibility index (Phi) is 4.54.